The van der Waals surface area contributed by atoms with Crippen LogP contribution in [0.15, 0.2) is 42.6 Å². The standard InChI is InChI=1S/C37H49ClFN7O5/c1-3-48-14-15-50-18-19-51-17-16-49-13-8-33(47)41-9-10-42-36-34(37-44-31-5-4-27(38)23-32(31)45-37)35(46-11-6-29(40)7-12-46)30(24-43-36)26-20-25(2)21-28(39)22-26/h4-5,20-24,29H,3,6-19,40H2,1-2H3,(H,41,47)(H,42,43)(H,44,45). The van der Waals surface area contributed by atoms with Crippen LogP contribution in [0.25, 0.3) is 33.5 Å². The summed E-state index contributed by atoms with van der Waals surface area (Å²) in [5, 5.41) is 6.96. The minimum Gasteiger partial charge on any atom is -0.379 e. The first kappa shape index (κ1) is 38.4. The van der Waals surface area contributed by atoms with Gasteiger partial charge in [0.05, 0.1) is 68.5 Å². The Bertz CT molecular complexity index is 1700. The molecule has 5 rings (SSSR count). The van der Waals surface area contributed by atoms with Gasteiger partial charge in [-0.3, -0.25) is 4.79 Å². The summed E-state index contributed by atoms with van der Waals surface area (Å²) in [6.45, 7) is 9.92. The number of amides is 1. The number of hydrogen-bond donors (Lipinski definition) is 4. The number of pyridine rings is 1. The molecule has 276 valence electrons. The number of hydrogen-bond acceptors (Lipinski definition) is 10. The predicted octanol–water partition coefficient (Wildman–Crippen LogP) is 5.32. The molecule has 1 fully saturated rings. The normalized spacial score (nSPS) is 13.6. The van der Waals surface area contributed by atoms with Crippen LogP contribution < -0.4 is 21.3 Å². The number of aromatic nitrogens is 3. The van der Waals surface area contributed by atoms with Crippen molar-refractivity contribution in [3.05, 3.63) is 59.0 Å². The largest absolute Gasteiger partial charge is 0.379 e. The molecule has 1 aliphatic rings. The SMILES string of the molecule is CCOCCOCCOCCOCCC(=O)NCCNc1ncc(-c2cc(C)cc(F)c2)c(N2CCC(N)CC2)c1-c1nc2ccc(Cl)cc2[nH]1. The first-order chi connectivity index (χ1) is 24.8. The smallest absolute Gasteiger partial charge is 0.222 e. The zero-order valence-corrected chi connectivity index (χ0v) is 30.2. The molecule has 12 nitrogen and oxygen atoms in total. The molecule has 3 heterocycles. The maximum absolute atomic E-state index is 14.8. The summed E-state index contributed by atoms with van der Waals surface area (Å²) in [6.07, 6.45) is 3.64. The van der Waals surface area contributed by atoms with Crippen LogP contribution in [0.3, 0.4) is 0 Å². The molecule has 0 atom stereocenters. The first-order valence-corrected chi connectivity index (χ1v) is 18.0. The predicted molar refractivity (Wildman–Crippen MR) is 199 cm³/mol. The van der Waals surface area contributed by atoms with Gasteiger partial charge in [-0.1, -0.05) is 17.7 Å². The van der Waals surface area contributed by atoms with E-state index in [0.29, 0.717) is 82.6 Å². The van der Waals surface area contributed by atoms with Gasteiger partial charge in [0.1, 0.15) is 17.5 Å². The number of nitrogens with one attached hydrogen (secondary N) is 3. The van der Waals surface area contributed by atoms with Crippen molar-refractivity contribution < 1.29 is 28.1 Å². The van der Waals surface area contributed by atoms with Crippen LogP contribution in [-0.2, 0) is 23.7 Å². The highest BCUT2D eigenvalue weighted by atomic mass is 35.5. The van der Waals surface area contributed by atoms with Crippen molar-refractivity contribution in [2.24, 2.45) is 5.73 Å². The van der Waals surface area contributed by atoms with Gasteiger partial charge in [-0.05, 0) is 68.1 Å². The van der Waals surface area contributed by atoms with Crippen LogP contribution in [0.5, 0.6) is 0 Å². The summed E-state index contributed by atoms with van der Waals surface area (Å²) >= 11 is 6.32. The van der Waals surface area contributed by atoms with Crippen LogP contribution in [0.1, 0.15) is 31.7 Å². The van der Waals surface area contributed by atoms with Crippen LogP contribution in [0, 0.1) is 12.7 Å². The van der Waals surface area contributed by atoms with Crippen LogP contribution >= 0.6 is 11.6 Å². The lowest BCUT2D eigenvalue weighted by atomic mass is 9.96. The van der Waals surface area contributed by atoms with Gasteiger partial charge < -0.3 is 45.2 Å². The molecule has 5 N–H and O–H groups in total. The highest BCUT2D eigenvalue weighted by Crippen LogP contribution is 2.44. The van der Waals surface area contributed by atoms with Gasteiger partial charge in [0.15, 0.2) is 0 Å². The number of aryl methyl sites for hydroxylation is 1. The third-order valence-electron chi connectivity index (χ3n) is 8.47. The summed E-state index contributed by atoms with van der Waals surface area (Å²) in [6, 6.07) is 10.6. The molecule has 0 aliphatic carbocycles. The Labute approximate surface area is 303 Å². The molecule has 0 saturated carbocycles. The molecule has 1 aliphatic heterocycles. The Kier molecular flexibility index (Phi) is 14.8. The van der Waals surface area contributed by atoms with Crippen LogP contribution in [0.4, 0.5) is 15.9 Å². The molecule has 14 heteroatoms. The lowest BCUT2D eigenvalue weighted by molar-refractivity contribution is -0.122. The number of anilines is 2. The average molecular weight is 726 g/mol. The van der Waals surface area contributed by atoms with E-state index in [2.05, 4.69) is 20.5 Å². The Hall–Kier alpha value is -3.85. The third-order valence-corrected chi connectivity index (χ3v) is 8.71. The lowest BCUT2D eigenvalue weighted by Crippen LogP contribution is -2.40. The minimum atomic E-state index is -0.317. The quantitative estimate of drug-likeness (QED) is 0.0882. The van der Waals surface area contributed by atoms with Crippen LogP contribution in [-0.4, -0.2) is 106 Å². The van der Waals surface area contributed by atoms with Gasteiger partial charge in [0, 0.05) is 62.0 Å². The Morgan fingerprint density at radius 1 is 1.00 bits per heavy atom. The highest BCUT2D eigenvalue weighted by Gasteiger charge is 2.27. The molecule has 2 aromatic heterocycles. The zero-order chi connectivity index (χ0) is 36.0. The molecule has 0 unspecified atom stereocenters. The Balaban J connectivity index is 1.25. The van der Waals surface area contributed by atoms with E-state index in [0.717, 1.165) is 64.9 Å². The minimum absolute atomic E-state index is 0.112. The number of nitrogens with two attached hydrogens (primary N) is 1. The second kappa shape index (κ2) is 19.7. The van der Waals surface area contributed by atoms with E-state index < -0.39 is 0 Å². The van der Waals surface area contributed by atoms with E-state index in [-0.39, 0.29) is 24.2 Å². The zero-order valence-electron chi connectivity index (χ0n) is 29.4. The number of piperidine rings is 1. The van der Waals surface area contributed by atoms with Crippen molar-refractivity contribution in [1.82, 2.24) is 20.3 Å². The van der Waals surface area contributed by atoms with E-state index >= 15 is 0 Å². The molecule has 1 saturated heterocycles. The number of fused-ring (bicyclic) bond motifs is 1. The third kappa shape index (κ3) is 11.3. The Morgan fingerprint density at radius 2 is 1.71 bits per heavy atom. The second-order valence-corrected chi connectivity index (χ2v) is 12.8. The molecule has 0 radical (unpaired) electrons. The second-order valence-electron chi connectivity index (χ2n) is 12.4. The monoisotopic (exact) mass is 725 g/mol. The van der Waals surface area contributed by atoms with Crippen molar-refractivity contribution >= 4 is 40.0 Å². The van der Waals surface area contributed by atoms with Crippen molar-refractivity contribution in [1.29, 1.82) is 0 Å². The first-order valence-electron chi connectivity index (χ1n) is 17.6. The number of halogens is 2. The van der Waals surface area contributed by atoms with Crippen LogP contribution in [0.2, 0.25) is 5.02 Å². The van der Waals surface area contributed by atoms with Crippen molar-refractivity contribution in [2.75, 3.05) is 89.3 Å². The van der Waals surface area contributed by atoms with Gasteiger partial charge in [0.2, 0.25) is 5.91 Å². The summed E-state index contributed by atoms with van der Waals surface area (Å²) in [7, 11) is 0. The number of carbonyl (C=O) groups is 1. The summed E-state index contributed by atoms with van der Waals surface area (Å²) < 4.78 is 36.4. The fraction of sp³-hybridized carbons (Fsp3) is 0.486. The maximum Gasteiger partial charge on any atom is 0.222 e. The van der Waals surface area contributed by atoms with Gasteiger partial charge in [-0.2, -0.15) is 0 Å². The van der Waals surface area contributed by atoms with Crippen molar-refractivity contribution in [3.8, 4) is 22.5 Å². The van der Waals surface area contributed by atoms with E-state index in [1.165, 1.54) is 12.1 Å². The number of imidazole rings is 1. The fourth-order valence-electron chi connectivity index (χ4n) is 5.95. The average Bonchev–Trinajstić information content (AvgIpc) is 3.53. The summed E-state index contributed by atoms with van der Waals surface area (Å²) in [5.74, 6) is 0.744. The molecule has 1 amide bonds. The maximum atomic E-state index is 14.8. The molecule has 4 aromatic rings. The number of aromatic amines is 1. The lowest BCUT2D eigenvalue weighted by Gasteiger charge is -2.35. The van der Waals surface area contributed by atoms with Gasteiger partial charge in [0.25, 0.3) is 0 Å². The molecular formula is C37H49ClFN7O5. The van der Waals surface area contributed by atoms with Gasteiger partial charge in [-0.25, -0.2) is 14.4 Å². The number of H-pyrrole nitrogens is 1. The van der Waals surface area contributed by atoms with E-state index in [1.807, 2.05) is 32.0 Å². The van der Waals surface area contributed by atoms with Gasteiger partial charge >= 0.3 is 0 Å². The molecular weight excluding hydrogens is 677 g/mol. The van der Waals surface area contributed by atoms with Gasteiger partial charge in [-0.15, -0.1) is 0 Å². The molecule has 0 bridgehead atoms. The van der Waals surface area contributed by atoms with Crippen molar-refractivity contribution in [3.63, 3.8) is 0 Å². The molecule has 0 spiro atoms. The number of nitrogens with zero attached hydrogens (tertiary/aromatic N) is 3. The molecule has 51 heavy (non-hydrogen) atoms. The van der Waals surface area contributed by atoms with Crippen molar-refractivity contribution in [2.45, 2.75) is 39.2 Å². The Morgan fingerprint density at radius 3 is 2.41 bits per heavy atom. The van der Waals surface area contributed by atoms with E-state index in [4.69, 9.17) is 46.3 Å². The highest BCUT2D eigenvalue weighted by molar-refractivity contribution is 6.31. The topological polar surface area (TPSA) is 149 Å². The van der Waals surface area contributed by atoms with E-state index in [9.17, 15) is 9.18 Å². The molecule has 2 aromatic carbocycles. The van der Waals surface area contributed by atoms with E-state index in [1.54, 1.807) is 12.3 Å². The number of benzene rings is 2. The summed E-state index contributed by atoms with van der Waals surface area (Å²) in [5.41, 5.74) is 11.8. The summed E-state index contributed by atoms with van der Waals surface area (Å²) in [4.78, 5) is 28.0. The number of ether oxygens (including phenoxy) is 4. The fourth-order valence-corrected chi connectivity index (χ4v) is 6.13. The number of rotatable bonds is 20. The number of carbonyl (C=O) groups excluding carboxylic acids is 1.